The number of carboxylic acids is 6. The molecule has 0 aromatic rings. The van der Waals surface area contributed by atoms with Gasteiger partial charge in [-0.05, 0) is 0 Å². The monoisotopic (exact) mass is 836 g/mol. The Morgan fingerprint density at radius 3 is 0.707 bits per heavy atom. The van der Waals surface area contributed by atoms with Gasteiger partial charge in [-0.2, -0.15) is 0 Å². The molecule has 0 atom stereocenters. The van der Waals surface area contributed by atoms with Crippen LogP contribution >= 0.6 is 0 Å². The number of likely N-dealkylation sites (N-methyl/N-ethyl adjacent to an activating group) is 2. The summed E-state index contributed by atoms with van der Waals surface area (Å²) in [5, 5.41) is 65.5. The standard InChI is InChI=1S/C32H56N10O16/c1-33-23(43)13-39(19-29(51)52)9-5-37(17-27(47)48)7-11-41(21-31(55)56)15-25(45)35-3-4-36-26(46)16-42(22-32(57)58)12-8-38(18-28(49)50)6-10-40(20-30(53)54)14-24(44)34-2/h3-22H2,1-2H3,(H,33,43)(H,34,44)(H,35,45)(H,36,46)(H,47,48)(H,49,50)(H,51,52)(H,53,54)(H,55,56)(H,57,58). The Kier molecular flexibility index (Phi) is 26.8. The van der Waals surface area contributed by atoms with E-state index >= 15 is 0 Å². The highest BCUT2D eigenvalue weighted by Crippen LogP contribution is 1.99. The van der Waals surface area contributed by atoms with Crippen LogP contribution in [0.4, 0.5) is 0 Å². The normalized spacial score (nSPS) is 11.2. The third-order valence-electron chi connectivity index (χ3n) is 7.88. The molecule has 0 saturated heterocycles. The second-order valence-electron chi connectivity index (χ2n) is 12.8. The first-order valence-electron chi connectivity index (χ1n) is 17.8. The summed E-state index contributed by atoms with van der Waals surface area (Å²) in [6.45, 7) is -5.01. The van der Waals surface area contributed by atoms with Crippen LogP contribution in [0.5, 0.6) is 0 Å². The molecule has 0 rings (SSSR count). The van der Waals surface area contributed by atoms with E-state index in [2.05, 4.69) is 21.3 Å². The Morgan fingerprint density at radius 2 is 0.500 bits per heavy atom. The van der Waals surface area contributed by atoms with Crippen LogP contribution in [-0.4, -0.2) is 264 Å². The van der Waals surface area contributed by atoms with Crippen molar-refractivity contribution in [2.75, 3.05) is 145 Å². The van der Waals surface area contributed by atoms with Crippen LogP contribution in [-0.2, 0) is 47.9 Å². The maximum absolute atomic E-state index is 12.7. The molecule has 0 aromatic carbocycles. The van der Waals surface area contributed by atoms with Crippen LogP contribution in [0.25, 0.3) is 0 Å². The van der Waals surface area contributed by atoms with Crippen molar-refractivity contribution < 1.29 is 78.6 Å². The molecule has 4 amide bonds. The lowest BCUT2D eigenvalue weighted by atomic mass is 10.3. The molecule has 26 heteroatoms. The number of amides is 4. The van der Waals surface area contributed by atoms with Crippen molar-refractivity contribution in [3.8, 4) is 0 Å². The molecule has 0 bridgehead atoms. The summed E-state index contributed by atoms with van der Waals surface area (Å²) in [6, 6.07) is 0. The molecular weight excluding hydrogens is 780 g/mol. The Balaban J connectivity index is 5.21. The summed E-state index contributed by atoms with van der Waals surface area (Å²) in [4.78, 5) is 125. The number of carbonyl (C=O) groups excluding carboxylic acids is 4. The summed E-state index contributed by atoms with van der Waals surface area (Å²) in [5.74, 6) is -9.59. The largest absolute Gasteiger partial charge is 0.480 e. The Hall–Kier alpha value is -5.54. The Morgan fingerprint density at radius 1 is 0.310 bits per heavy atom. The summed E-state index contributed by atoms with van der Waals surface area (Å²) in [6.07, 6.45) is 0. The lowest BCUT2D eigenvalue weighted by molar-refractivity contribution is -0.141. The van der Waals surface area contributed by atoms with Gasteiger partial charge in [0, 0.05) is 79.5 Å². The quantitative estimate of drug-likeness (QED) is 0.0265. The zero-order chi connectivity index (χ0) is 44.2. The number of aliphatic carboxylic acids is 6. The van der Waals surface area contributed by atoms with Gasteiger partial charge in [-0.1, -0.05) is 0 Å². The average Bonchev–Trinajstić information content (AvgIpc) is 3.10. The SMILES string of the molecule is CNC(=O)CN(CCN(CCN(CC(=O)O)CC(=O)NCCNC(=O)CN(CCN(CCN(CC(=O)O)CC(=O)NC)CC(=O)O)CC(=O)O)CC(=O)O)CC(=O)O. The van der Waals surface area contributed by atoms with Crippen LogP contribution in [0.15, 0.2) is 0 Å². The number of carbonyl (C=O) groups is 10. The van der Waals surface area contributed by atoms with Gasteiger partial charge in [-0.3, -0.25) is 77.3 Å². The molecule has 0 unspecified atom stereocenters. The van der Waals surface area contributed by atoms with E-state index in [0.29, 0.717) is 0 Å². The van der Waals surface area contributed by atoms with Crippen molar-refractivity contribution >= 4 is 59.4 Å². The Bertz CT molecular complexity index is 1300. The maximum Gasteiger partial charge on any atom is 0.317 e. The lowest BCUT2D eigenvalue weighted by Crippen LogP contribution is -2.48. The first-order chi connectivity index (χ1) is 27.2. The van der Waals surface area contributed by atoms with Crippen molar-refractivity contribution in [2.24, 2.45) is 0 Å². The summed E-state index contributed by atoms with van der Waals surface area (Å²) in [7, 11) is 2.74. The third kappa shape index (κ3) is 28.8. The number of nitrogens with zero attached hydrogens (tertiary/aromatic N) is 6. The minimum Gasteiger partial charge on any atom is -0.480 e. The van der Waals surface area contributed by atoms with Crippen molar-refractivity contribution in [3.63, 3.8) is 0 Å². The fourth-order valence-electron chi connectivity index (χ4n) is 5.16. The first-order valence-corrected chi connectivity index (χ1v) is 17.8. The van der Waals surface area contributed by atoms with Crippen LogP contribution in [0, 0.1) is 0 Å². The van der Waals surface area contributed by atoms with Crippen LogP contribution < -0.4 is 21.3 Å². The van der Waals surface area contributed by atoms with Gasteiger partial charge in [-0.15, -0.1) is 0 Å². The molecule has 0 aliphatic heterocycles. The van der Waals surface area contributed by atoms with E-state index in [-0.39, 0.29) is 78.5 Å². The highest BCUT2D eigenvalue weighted by Gasteiger charge is 2.22. The fourth-order valence-corrected chi connectivity index (χ4v) is 5.16. The van der Waals surface area contributed by atoms with E-state index in [4.69, 9.17) is 10.2 Å². The molecule has 10 N–H and O–H groups in total. The molecule has 330 valence electrons. The van der Waals surface area contributed by atoms with Crippen molar-refractivity contribution in [2.45, 2.75) is 0 Å². The van der Waals surface area contributed by atoms with Gasteiger partial charge >= 0.3 is 35.8 Å². The molecule has 0 aliphatic rings. The van der Waals surface area contributed by atoms with Gasteiger partial charge < -0.3 is 51.9 Å². The number of carboxylic acid groups (broad SMARTS) is 6. The van der Waals surface area contributed by atoms with Crippen LogP contribution in [0.1, 0.15) is 0 Å². The van der Waals surface area contributed by atoms with E-state index in [0.717, 1.165) is 0 Å². The predicted octanol–water partition coefficient (Wildman–Crippen LogP) is -6.97. The summed E-state index contributed by atoms with van der Waals surface area (Å²) in [5.41, 5.74) is 0. The van der Waals surface area contributed by atoms with Gasteiger partial charge in [-0.25, -0.2) is 0 Å². The van der Waals surface area contributed by atoms with Gasteiger partial charge in [0.2, 0.25) is 23.6 Å². The smallest absolute Gasteiger partial charge is 0.317 e. The number of rotatable bonds is 35. The Labute approximate surface area is 333 Å². The summed E-state index contributed by atoms with van der Waals surface area (Å²) >= 11 is 0. The molecule has 0 fully saturated rings. The third-order valence-corrected chi connectivity index (χ3v) is 7.88. The fraction of sp³-hybridized carbons (Fsp3) is 0.688. The topological polar surface area (TPSA) is 360 Å². The van der Waals surface area contributed by atoms with E-state index < -0.39 is 112 Å². The molecule has 0 aliphatic carbocycles. The number of hydrogen-bond acceptors (Lipinski definition) is 16. The zero-order valence-electron chi connectivity index (χ0n) is 32.6. The lowest BCUT2D eigenvalue weighted by Gasteiger charge is -2.28. The van der Waals surface area contributed by atoms with Crippen LogP contribution in [0.3, 0.4) is 0 Å². The first kappa shape index (κ1) is 52.5. The number of nitrogens with one attached hydrogen (secondary N) is 4. The van der Waals surface area contributed by atoms with Gasteiger partial charge in [0.1, 0.15) is 0 Å². The minimum atomic E-state index is -1.28. The van der Waals surface area contributed by atoms with Crippen molar-refractivity contribution in [3.05, 3.63) is 0 Å². The van der Waals surface area contributed by atoms with Gasteiger partial charge in [0.25, 0.3) is 0 Å². The second-order valence-corrected chi connectivity index (χ2v) is 12.8. The van der Waals surface area contributed by atoms with E-state index in [1.54, 1.807) is 0 Å². The second kappa shape index (κ2) is 29.7. The highest BCUT2D eigenvalue weighted by molar-refractivity contribution is 5.81. The average molecular weight is 837 g/mol. The predicted molar refractivity (Wildman–Crippen MR) is 199 cm³/mol. The summed E-state index contributed by atoms with van der Waals surface area (Å²) < 4.78 is 0. The van der Waals surface area contributed by atoms with Gasteiger partial charge in [0.05, 0.1) is 65.4 Å². The molecule has 0 heterocycles. The van der Waals surface area contributed by atoms with Gasteiger partial charge in [0.15, 0.2) is 0 Å². The van der Waals surface area contributed by atoms with E-state index in [9.17, 15) is 68.4 Å². The van der Waals surface area contributed by atoms with Crippen molar-refractivity contribution in [1.82, 2.24) is 50.7 Å². The van der Waals surface area contributed by atoms with Crippen LogP contribution in [0.2, 0.25) is 0 Å². The van der Waals surface area contributed by atoms with E-state index in [1.165, 1.54) is 43.5 Å². The maximum atomic E-state index is 12.7. The molecule has 0 aromatic heterocycles. The van der Waals surface area contributed by atoms with E-state index in [1.807, 2.05) is 0 Å². The highest BCUT2D eigenvalue weighted by atomic mass is 16.4. The zero-order valence-corrected chi connectivity index (χ0v) is 32.6. The number of hydrogen-bond donors (Lipinski definition) is 10. The van der Waals surface area contributed by atoms with Crippen molar-refractivity contribution in [1.29, 1.82) is 0 Å². The minimum absolute atomic E-state index is 0.00158. The molecule has 0 radical (unpaired) electrons. The molecule has 0 saturated carbocycles. The molecular formula is C32H56N10O16. The molecule has 26 nitrogen and oxygen atoms in total. The molecule has 58 heavy (non-hydrogen) atoms. The molecule has 0 spiro atoms.